The second-order valence-corrected chi connectivity index (χ2v) is 9.98. The molecule has 3 aromatic rings. The minimum absolute atomic E-state index is 0.148. The van der Waals surface area contributed by atoms with E-state index in [-0.39, 0.29) is 30.1 Å². The van der Waals surface area contributed by atoms with Gasteiger partial charge >= 0.3 is 0 Å². The fourth-order valence-electron chi connectivity index (χ4n) is 4.59. The van der Waals surface area contributed by atoms with Gasteiger partial charge in [0.05, 0.1) is 35.6 Å². The van der Waals surface area contributed by atoms with Crippen LogP contribution in [0, 0.1) is 30.1 Å². The van der Waals surface area contributed by atoms with Crippen molar-refractivity contribution in [2.24, 2.45) is 11.8 Å². The van der Waals surface area contributed by atoms with Gasteiger partial charge in [-0.1, -0.05) is 0 Å². The van der Waals surface area contributed by atoms with E-state index < -0.39 is 0 Å². The Morgan fingerprint density at radius 2 is 1.92 bits per heavy atom. The maximum absolute atomic E-state index is 12.3. The first-order valence-corrected chi connectivity index (χ1v) is 12.7. The third-order valence-corrected chi connectivity index (χ3v) is 6.94. The number of amides is 1. The van der Waals surface area contributed by atoms with Crippen LogP contribution < -0.4 is 5.32 Å². The number of hydrogen-bond donors (Lipinski definition) is 1. The molecule has 0 aromatic carbocycles. The number of likely N-dealkylation sites (tertiary alicyclic amines) is 1. The molecule has 190 valence electrons. The molecule has 3 aromatic heterocycles. The van der Waals surface area contributed by atoms with Crippen molar-refractivity contribution in [2.45, 2.75) is 52.0 Å². The molecule has 37 heavy (non-hydrogen) atoms. The number of anilines is 2. The number of nitrogens with zero attached hydrogens (tertiary/aromatic N) is 7. The van der Waals surface area contributed by atoms with Crippen LogP contribution in [-0.4, -0.2) is 54.4 Å². The standard InChI is InChI=1S/C27H30N8O2/c1-17(12-28)11-24(36)23-6-5-20(14-29-23)25-18(2)13-30-27(33-25)32-21-15-31-35(16-21)22-7-9-34(10-8-22)26(37)19-3-4-19/h5-6,13-17,19,22H,3-4,7-11H2,1-2H3,(H,30,32,33)/t17-/m1/s1. The lowest BCUT2D eigenvalue weighted by atomic mass is 10.0. The number of aryl methyl sites for hydroxylation is 1. The van der Waals surface area contributed by atoms with E-state index in [1.165, 1.54) is 0 Å². The summed E-state index contributed by atoms with van der Waals surface area (Å²) in [5, 5.41) is 16.7. The number of nitrogens with one attached hydrogen (secondary N) is 1. The summed E-state index contributed by atoms with van der Waals surface area (Å²) < 4.78 is 1.96. The molecule has 2 fully saturated rings. The molecule has 10 nitrogen and oxygen atoms in total. The van der Waals surface area contributed by atoms with Gasteiger partial charge in [0.1, 0.15) is 5.69 Å². The van der Waals surface area contributed by atoms with E-state index in [0.29, 0.717) is 17.5 Å². The summed E-state index contributed by atoms with van der Waals surface area (Å²) in [5.41, 5.74) is 3.50. The van der Waals surface area contributed by atoms with Crippen LogP contribution in [-0.2, 0) is 4.79 Å². The Balaban J connectivity index is 1.23. The Labute approximate surface area is 215 Å². The zero-order chi connectivity index (χ0) is 25.9. The summed E-state index contributed by atoms with van der Waals surface area (Å²) >= 11 is 0. The Hall–Kier alpha value is -4.13. The summed E-state index contributed by atoms with van der Waals surface area (Å²) in [4.78, 5) is 40.0. The molecule has 5 rings (SSSR count). The highest BCUT2D eigenvalue weighted by Gasteiger charge is 2.35. The fourth-order valence-corrected chi connectivity index (χ4v) is 4.59. The smallest absolute Gasteiger partial charge is 0.227 e. The van der Waals surface area contributed by atoms with E-state index in [2.05, 4.69) is 31.4 Å². The summed E-state index contributed by atoms with van der Waals surface area (Å²) in [6.45, 7) is 5.20. The number of carbonyl (C=O) groups is 2. The van der Waals surface area contributed by atoms with Crippen LogP contribution >= 0.6 is 0 Å². The molecule has 10 heteroatoms. The molecule has 1 atom stereocenters. The van der Waals surface area contributed by atoms with Crippen molar-refractivity contribution in [3.8, 4) is 17.3 Å². The lowest BCUT2D eigenvalue weighted by Gasteiger charge is -2.32. The molecule has 0 radical (unpaired) electrons. The van der Waals surface area contributed by atoms with Gasteiger partial charge < -0.3 is 10.2 Å². The highest BCUT2D eigenvalue weighted by Crippen LogP contribution is 2.33. The Bertz CT molecular complexity index is 1330. The molecule has 4 heterocycles. The number of aromatic nitrogens is 5. The van der Waals surface area contributed by atoms with Crippen LogP contribution in [0.3, 0.4) is 0 Å². The van der Waals surface area contributed by atoms with Gasteiger partial charge in [-0.05, 0) is 57.2 Å². The Morgan fingerprint density at radius 1 is 1.14 bits per heavy atom. The van der Waals surface area contributed by atoms with E-state index in [1.807, 2.05) is 28.8 Å². The topological polar surface area (TPSA) is 130 Å². The largest absolute Gasteiger partial charge is 0.342 e. The maximum atomic E-state index is 12.3. The van der Waals surface area contributed by atoms with E-state index >= 15 is 0 Å². The minimum atomic E-state index is -0.347. The SMILES string of the molecule is Cc1cnc(Nc2cnn(C3CCN(C(=O)C4CC4)CC3)c2)nc1-c1ccc(C(=O)C[C@@H](C)C#N)nc1. The van der Waals surface area contributed by atoms with E-state index in [4.69, 9.17) is 5.26 Å². The maximum Gasteiger partial charge on any atom is 0.227 e. The summed E-state index contributed by atoms with van der Waals surface area (Å²) in [5.74, 6) is 0.525. The molecule has 0 unspecified atom stereocenters. The van der Waals surface area contributed by atoms with Gasteiger partial charge in [-0.2, -0.15) is 10.4 Å². The quantitative estimate of drug-likeness (QED) is 0.460. The molecule has 1 saturated carbocycles. The van der Waals surface area contributed by atoms with Crippen molar-refractivity contribution in [1.29, 1.82) is 5.26 Å². The van der Waals surface area contributed by atoms with Crippen LogP contribution in [0.4, 0.5) is 11.6 Å². The van der Waals surface area contributed by atoms with Crippen LogP contribution in [0.15, 0.2) is 36.9 Å². The van der Waals surface area contributed by atoms with Crippen molar-refractivity contribution in [3.63, 3.8) is 0 Å². The first kappa shape index (κ1) is 24.6. The lowest BCUT2D eigenvalue weighted by Crippen LogP contribution is -2.39. The highest BCUT2D eigenvalue weighted by molar-refractivity contribution is 5.94. The highest BCUT2D eigenvalue weighted by atomic mass is 16.2. The second kappa shape index (κ2) is 10.5. The normalized spacial score (nSPS) is 16.7. The van der Waals surface area contributed by atoms with Crippen molar-refractivity contribution in [3.05, 3.63) is 48.2 Å². The van der Waals surface area contributed by atoms with E-state index in [9.17, 15) is 9.59 Å². The number of piperidine rings is 1. The van der Waals surface area contributed by atoms with Gasteiger partial charge in [0, 0.05) is 49.6 Å². The van der Waals surface area contributed by atoms with Gasteiger partial charge in [0.25, 0.3) is 0 Å². The van der Waals surface area contributed by atoms with Gasteiger partial charge in [-0.25, -0.2) is 9.97 Å². The molecule has 1 saturated heterocycles. The first-order chi connectivity index (χ1) is 17.9. The number of pyridine rings is 1. The first-order valence-electron chi connectivity index (χ1n) is 12.7. The summed E-state index contributed by atoms with van der Waals surface area (Å²) in [7, 11) is 0. The van der Waals surface area contributed by atoms with Crippen molar-refractivity contribution in [1.82, 2.24) is 29.6 Å². The molecule has 1 N–H and O–H groups in total. The number of rotatable bonds is 8. The van der Waals surface area contributed by atoms with E-state index in [0.717, 1.165) is 61.3 Å². The molecule has 0 spiro atoms. The molecular formula is C27H30N8O2. The Kier molecular flexibility index (Phi) is 6.95. The third-order valence-electron chi connectivity index (χ3n) is 6.94. The van der Waals surface area contributed by atoms with Gasteiger partial charge in [0.2, 0.25) is 11.9 Å². The zero-order valence-electron chi connectivity index (χ0n) is 21.1. The van der Waals surface area contributed by atoms with Crippen LogP contribution in [0.25, 0.3) is 11.3 Å². The van der Waals surface area contributed by atoms with Crippen LogP contribution in [0.2, 0.25) is 0 Å². The van der Waals surface area contributed by atoms with Crippen LogP contribution in [0.5, 0.6) is 0 Å². The third kappa shape index (κ3) is 5.66. The number of Topliss-reactive ketones (excluding diaryl/α,β-unsaturated/α-hetero) is 1. The second-order valence-electron chi connectivity index (χ2n) is 9.98. The average molecular weight is 499 g/mol. The molecule has 2 aliphatic rings. The molecular weight excluding hydrogens is 468 g/mol. The van der Waals surface area contributed by atoms with Crippen LogP contribution in [0.1, 0.15) is 61.1 Å². The molecule has 1 amide bonds. The zero-order valence-corrected chi connectivity index (χ0v) is 21.1. The molecule has 1 aliphatic heterocycles. The van der Waals surface area contributed by atoms with Crippen molar-refractivity contribution in [2.75, 3.05) is 18.4 Å². The number of nitriles is 1. The summed E-state index contributed by atoms with van der Waals surface area (Å²) in [6.07, 6.45) is 11.1. The fraction of sp³-hybridized carbons (Fsp3) is 0.444. The number of hydrogen-bond acceptors (Lipinski definition) is 8. The monoisotopic (exact) mass is 498 g/mol. The van der Waals surface area contributed by atoms with Gasteiger partial charge in [-0.15, -0.1) is 0 Å². The Morgan fingerprint density at radius 3 is 2.59 bits per heavy atom. The van der Waals surface area contributed by atoms with Crippen molar-refractivity contribution >= 4 is 23.3 Å². The molecule has 1 aliphatic carbocycles. The van der Waals surface area contributed by atoms with Crippen molar-refractivity contribution < 1.29 is 9.59 Å². The lowest BCUT2D eigenvalue weighted by molar-refractivity contribution is -0.133. The number of carbonyl (C=O) groups excluding carboxylic acids is 2. The van der Waals surface area contributed by atoms with Gasteiger partial charge in [-0.3, -0.25) is 19.3 Å². The minimum Gasteiger partial charge on any atom is -0.342 e. The molecule has 0 bridgehead atoms. The number of ketones is 1. The van der Waals surface area contributed by atoms with Gasteiger partial charge in [0.15, 0.2) is 5.78 Å². The summed E-state index contributed by atoms with van der Waals surface area (Å²) in [6, 6.07) is 5.82. The predicted molar refractivity (Wildman–Crippen MR) is 137 cm³/mol. The van der Waals surface area contributed by atoms with E-state index in [1.54, 1.807) is 31.6 Å². The predicted octanol–water partition coefficient (Wildman–Crippen LogP) is 4.09. The average Bonchev–Trinajstić information content (AvgIpc) is 3.67.